The second-order valence-corrected chi connectivity index (χ2v) is 5.34. The number of carbonyl (C=O) groups excluding carboxylic acids is 1. The number of carboxylic acid groups (broad SMARTS) is 1. The van der Waals surface area contributed by atoms with Gasteiger partial charge < -0.3 is 15.3 Å². The number of carbonyl (C=O) groups is 2. The minimum atomic E-state index is -1.10. The molecule has 0 saturated carbocycles. The molecule has 0 aliphatic carbocycles. The van der Waals surface area contributed by atoms with Crippen LogP contribution < -0.4 is 5.32 Å². The van der Waals surface area contributed by atoms with Crippen LogP contribution in [0.15, 0.2) is 18.3 Å². The fourth-order valence-corrected chi connectivity index (χ4v) is 2.29. The van der Waals surface area contributed by atoms with Crippen LogP contribution in [0, 0.1) is 0 Å². The number of carboxylic acids is 1. The molecule has 2 rings (SSSR count). The normalized spacial score (nSPS) is 20.2. The lowest BCUT2D eigenvalue weighted by molar-refractivity contribution is 0.0689. The van der Waals surface area contributed by atoms with Gasteiger partial charge in [0.15, 0.2) is 0 Å². The van der Waals surface area contributed by atoms with Gasteiger partial charge in [0.25, 0.3) is 5.91 Å². The molecule has 7 heteroatoms. The third-order valence-electron chi connectivity index (χ3n) is 3.72. The summed E-state index contributed by atoms with van der Waals surface area (Å²) >= 11 is 0. The Morgan fingerprint density at radius 3 is 2.76 bits per heavy atom. The highest BCUT2D eigenvalue weighted by Gasteiger charge is 2.22. The summed E-state index contributed by atoms with van der Waals surface area (Å²) in [5, 5.41) is 11.6. The Balaban J connectivity index is 1.90. The van der Waals surface area contributed by atoms with Crippen molar-refractivity contribution in [1.29, 1.82) is 0 Å². The first kappa shape index (κ1) is 15.4. The first-order chi connectivity index (χ1) is 9.97. The van der Waals surface area contributed by atoms with Gasteiger partial charge in [-0.1, -0.05) is 0 Å². The molecule has 1 fully saturated rings. The maximum absolute atomic E-state index is 12.0. The van der Waals surface area contributed by atoms with E-state index < -0.39 is 5.97 Å². The number of aromatic nitrogens is 1. The van der Waals surface area contributed by atoms with Gasteiger partial charge in [-0.3, -0.25) is 9.69 Å². The van der Waals surface area contributed by atoms with Gasteiger partial charge in [-0.2, -0.15) is 0 Å². The van der Waals surface area contributed by atoms with Gasteiger partial charge in [0, 0.05) is 38.4 Å². The average Bonchev–Trinajstić information content (AvgIpc) is 2.48. The summed E-state index contributed by atoms with van der Waals surface area (Å²) in [4.78, 5) is 30.9. The minimum Gasteiger partial charge on any atom is -0.477 e. The molecule has 2 heterocycles. The Morgan fingerprint density at radius 2 is 2.14 bits per heavy atom. The molecule has 0 radical (unpaired) electrons. The van der Waals surface area contributed by atoms with Crippen LogP contribution in [0.2, 0.25) is 0 Å². The summed E-state index contributed by atoms with van der Waals surface area (Å²) in [6.07, 6.45) is 1.29. The number of hydrogen-bond donors (Lipinski definition) is 2. The van der Waals surface area contributed by atoms with E-state index in [1.165, 1.54) is 18.3 Å². The Hall–Kier alpha value is -1.99. The van der Waals surface area contributed by atoms with Crippen molar-refractivity contribution >= 4 is 11.9 Å². The lowest BCUT2D eigenvalue weighted by atomic mass is 10.1. The van der Waals surface area contributed by atoms with Crippen LogP contribution >= 0.6 is 0 Å². The van der Waals surface area contributed by atoms with Crippen molar-refractivity contribution < 1.29 is 14.7 Å². The topological polar surface area (TPSA) is 85.8 Å². The number of likely N-dealkylation sites (N-methyl/N-ethyl adjacent to an activating group) is 2. The molecule has 114 valence electrons. The number of piperazine rings is 1. The molecule has 7 nitrogen and oxygen atoms in total. The Bertz CT molecular complexity index is 517. The van der Waals surface area contributed by atoms with Crippen molar-refractivity contribution in [2.75, 3.05) is 40.3 Å². The summed E-state index contributed by atoms with van der Waals surface area (Å²) in [5.74, 6) is -1.34. The van der Waals surface area contributed by atoms with Crippen LogP contribution in [0.1, 0.15) is 20.8 Å². The summed E-state index contributed by atoms with van der Waals surface area (Å²) < 4.78 is 0. The number of pyridine rings is 1. The van der Waals surface area contributed by atoms with E-state index in [1.54, 1.807) is 0 Å². The molecule has 1 unspecified atom stereocenters. The highest BCUT2D eigenvalue weighted by molar-refractivity contribution is 5.94. The largest absolute Gasteiger partial charge is 0.477 e. The summed E-state index contributed by atoms with van der Waals surface area (Å²) in [7, 11) is 4.11. The van der Waals surface area contributed by atoms with Crippen LogP contribution in [0.25, 0.3) is 0 Å². The second-order valence-electron chi connectivity index (χ2n) is 5.34. The fraction of sp³-hybridized carbons (Fsp3) is 0.500. The van der Waals surface area contributed by atoms with E-state index in [0.717, 1.165) is 19.6 Å². The molecular formula is C14H20N4O3. The zero-order chi connectivity index (χ0) is 15.4. The van der Waals surface area contributed by atoms with Crippen LogP contribution in [-0.2, 0) is 0 Å². The molecule has 1 atom stereocenters. The van der Waals surface area contributed by atoms with Crippen molar-refractivity contribution in [3.63, 3.8) is 0 Å². The van der Waals surface area contributed by atoms with Gasteiger partial charge in [0.2, 0.25) is 0 Å². The molecule has 1 aromatic heterocycles. The SMILES string of the molecule is CN1CCN(C)C(CNC(=O)c2ccc(C(=O)O)nc2)C1. The first-order valence-corrected chi connectivity index (χ1v) is 6.83. The third kappa shape index (κ3) is 3.99. The monoisotopic (exact) mass is 292 g/mol. The molecular weight excluding hydrogens is 272 g/mol. The van der Waals surface area contributed by atoms with Crippen molar-refractivity contribution in [1.82, 2.24) is 20.1 Å². The van der Waals surface area contributed by atoms with Gasteiger partial charge in [-0.05, 0) is 26.2 Å². The zero-order valence-electron chi connectivity index (χ0n) is 12.2. The van der Waals surface area contributed by atoms with Crippen molar-refractivity contribution in [3.8, 4) is 0 Å². The molecule has 1 aliphatic heterocycles. The van der Waals surface area contributed by atoms with Gasteiger partial charge >= 0.3 is 5.97 Å². The van der Waals surface area contributed by atoms with E-state index >= 15 is 0 Å². The molecule has 1 saturated heterocycles. The van der Waals surface area contributed by atoms with Crippen LogP contribution in [0.3, 0.4) is 0 Å². The van der Waals surface area contributed by atoms with Crippen molar-refractivity contribution in [2.24, 2.45) is 0 Å². The lowest BCUT2D eigenvalue weighted by Crippen LogP contribution is -2.54. The Morgan fingerprint density at radius 1 is 1.38 bits per heavy atom. The smallest absolute Gasteiger partial charge is 0.354 e. The predicted octanol–water partition coefficient (Wildman–Crippen LogP) is -0.245. The number of aromatic carboxylic acids is 1. The maximum atomic E-state index is 12.0. The van der Waals surface area contributed by atoms with Gasteiger partial charge in [0.1, 0.15) is 5.69 Å². The maximum Gasteiger partial charge on any atom is 0.354 e. The number of nitrogens with zero attached hydrogens (tertiary/aromatic N) is 3. The fourth-order valence-electron chi connectivity index (χ4n) is 2.29. The summed E-state index contributed by atoms with van der Waals surface area (Å²) in [6.45, 7) is 3.47. The minimum absolute atomic E-state index is 0.0693. The molecule has 21 heavy (non-hydrogen) atoms. The lowest BCUT2D eigenvalue weighted by Gasteiger charge is -2.37. The van der Waals surface area contributed by atoms with Crippen molar-refractivity contribution in [3.05, 3.63) is 29.6 Å². The van der Waals surface area contributed by atoms with E-state index in [-0.39, 0.29) is 17.6 Å². The van der Waals surface area contributed by atoms with E-state index in [4.69, 9.17) is 5.11 Å². The van der Waals surface area contributed by atoms with Crippen LogP contribution in [0.4, 0.5) is 0 Å². The quantitative estimate of drug-likeness (QED) is 0.796. The van der Waals surface area contributed by atoms with Gasteiger partial charge in [0.05, 0.1) is 5.56 Å². The summed E-state index contributed by atoms with van der Waals surface area (Å²) in [6, 6.07) is 3.08. The highest BCUT2D eigenvalue weighted by Crippen LogP contribution is 2.06. The molecule has 0 aromatic carbocycles. The number of nitrogens with one attached hydrogen (secondary N) is 1. The molecule has 0 spiro atoms. The summed E-state index contributed by atoms with van der Waals surface area (Å²) in [5.41, 5.74) is 0.298. The van der Waals surface area contributed by atoms with Crippen molar-refractivity contribution in [2.45, 2.75) is 6.04 Å². The molecule has 0 bridgehead atoms. The second kappa shape index (κ2) is 6.64. The molecule has 1 aliphatic rings. The molecule has 2 N–H and O–H groups in total. The number of hydrogen-bond acceptors (Lipinski definition) is 5. The van der Waals surface area contributed by atoms with E-state index in [0.29, 0.717) is 12.1 Å². The highest BCUT2D eigenvalue weighted by atomic mass is 16.4. The van der Waals surface area contributed by atoms with Crippen LogP contribution in [-0.4, -0.2) is 78.1 Å². The van der Waals surface area contributed by atoms with E-state index in [9.17, 15) is 9.59 Å². The van der Waals surface area contributed by atoms with Gasteiger partial charge in [-0.25, -0.2) is 9.78 Å². The molecule has 1 aromatic rings. The number of amides is 1. The average molecular weight is 292 g/mol. The van der Waals surface area contributed by atoms with Crippen LogP contribution in [0.5, 0.6) is 0 Å². The standard InChI is InChI=1S/C14H20N4O3/c1-17-5-6-18(2)11(9-17)8-16-13(19)10-3-4-12(14(20)21)15-7-10/h3-4,7,11H,5-6,8-9H2,1-2H3,(H,16,19)(H,20,21). The van der Waals surface area contributed by atoms with Gasteiger partial charge in [-0.15, -0.1) is 0 Å². The Labute approximate surface area is 123 Å². The molecule has 1 amide bonds. The van der Waals surface area contributed by atoms with E-state index in [2.05, 4.69) is 27.1 Å². The van der Waals surface area contributed by atoms with E-state index in [1.807, 2.05) is 7.05 Å². The predicted molar refractivity (Wildman–Crippen MR) is 77.4 cm³/mol. The number of rotatable bonds is 4. The zero-order valence-corrected chi connectivity index (χ0v) is 12.2. The first-order valence-electron chi connectivity index (χ1n) is 6.83. The Kier molecular flexibility index (Phi) is 4.87. The third-order valence-corrected chi connectivity index (χ3v) is 3.72.